The minimum Gasteiger partial charge on any atom is -0.497 e. The summed E-state index contributed by atoms with van der Waals surface area (Å²) in [5.41, 5.74) is -1.01. The summed E-state index contributed by atoms with van der Waals surface area (Å²) in [5, 5.41) is -1.49. The largest absolute Gasteiger partial charge is 0.497 e. The first-order chi connectivity index (χ1) is 15.5. The van der Waals surface area contributed by atoms with E-state index in [-0.39, 0.29) is 10.5 Å². The highest BCUT2D eigenvalue weighted by Gasteiger charge is 2.52. The van der Waals surface area contributed by atoms with Gasteiger partial charge < -0.3 is 4.74 Å². The van der Waals surface area contributed by atoms with E-state index in [9.17, 15) is 16.8 Å². The molecular weight excluding hydrogens is 476 g/mol. The maximum absolute atomic E-state index is 15.4. The van der Waals surface area contributed by atoms with Gasteiger partial charge in [0.15, 0.2) is 5.71 Å². The zero-order valence-electron chi connectivity index (χ0n) is 17.5. The van der Waals surface area contributed by atoms with Crippen molar-refractivity contribution in [1.82, 2.24) is 0 Å². The highest BCUT2D eigenvalue weighted by molar-refractivity contribution is 7.93. The fourth-order valence-electron chi connectivity index (χ4n) is 2.73. The van der Waals surface area contributed by atoms with Crippen molar-refractivity contribution in [3.63, 3.8) is 0 Å². The van der Waals surface area contributed by atoms with Crippen molar-refractivity contribution < 1.29 is 34.6 Å². The molecule has 3 rings (SSSR count). The van der Waals surface area contributed by atoms with E-state index in [0.717, 1.165) is 29.8 Å². The molecule has 0 fully saturated rings. The fraction of sp³-hybridized carbons (Fsp3) is 0.136. The van der Waals surface area contributed by atoms with Crippen LogP contribution in [-0.4, -0.2) is 34.9 Å². The first kappa shape index (κ1) is 24.3. The normalized spacial score (nSPS) is 12.9. The minimum atomic E-state index is -5.31. The number of benzene rings is 3. The lowest BCUT2D eigenvalue weighted by Gasteiger charge is -2.19. The Morgan fingerprint density at radius 3 is 1.94 bits per heavy atom. The van der Waals surface area contributed by atoms with E-state index < -0.39 is 35.8 Å². The van der Waals surface area contributed by atoms with Crippen molar-refractivity contribution in [1.29, 1.82) is 0 Å². The predicted molar refractivity (Wildman–Crippen MR) is 118 cm³/mol. The molecule has 0 saturated carbocycles. The Morgan fingerprint density at radius 2 is 1.39 bits per heavy atom. The predicted octanol–water partition coefficient (Wildman–Crippen LogP) is 4.18. The molecule has 0 bridgehead atoms. The van der Waals surface area contributed by atoms with E-state index in [4.69, 9.17) is 4.74 Å². The molecule has 0 aromatic heterocycles. The van der Waals surface area contributed by atoms with E-state index in [0.29, 0.717) is 5.75 Å². The van der Waals surface area contributed by atoms with Crippen LogP contribution in [0.3, 0.4) is 0 Å². The second-order valence-electron chi connectivity index (χ2n) is 6.84. The molecule has 0 aliphatic heterocycles. The van der Waals surface area contributed by atoms with E-state index in [1.807, 2.05) is 0 Å². The van der Waals surface area contributed by atoms with Crippen LogP contribution in [0.25, 0.3) is 0 Å². The molecular formula is C22H19F2NO6S2. The van der Waals surface area contributed by atoms with Crippen LogP contribution in [-0.2, 0) is 24.2 Å². The molecule has 0 amide bonds. The maximum Gasteiger partial charge on any atom is 0.395 e. The summed E-state index contributed by atoms with van der Waals surface area (Å²) in [6.07, 6.45) is 0. The Morgan fingerprint density at radius 1 is 0.818 bits per heavy atom. The summed E-state index contributed by atoms with van der Waals surface area (Å²) in [7, 11) is -8.56. The minimum absolute atomic E-state index is 0.306. The summed E-state index contributed by atoms with van der Waals surface area (Å²) < 4.78 is 90.9. The van der Waals surface area contributed by atoms with Gasteiger partial charge in [0.1, 0.15) is 10.6 Å². The number of sulfone groups is 1. The summed E-state index contributed by atoms with van der Waals surface area (Å²) in [6.45, 7) is 1.73. The number of rotatable bonds is 8. The Kier molecular flexibility index (Phi) is 6.84. The van der Waals surface area contributed by atoms with Gasteiger partial charge in [0.25, 0.3) is 0 Å². The van der Waals surface area contributed by atoms with Gasteiger partial charge in [-0.2, -0.15) is 17.2 Å². The van der Waals surface area contributed by atoms with E-state index in [2.05, 4.69) is 9.44 Å². The van der Waals surface area contributed by atoms with Gasteiger partial charge in [-0.1, -0.05) is 41.1 Å². The highest BCUT2D eigenvalue weighted by Crippen LogP contribution is 2.34. The van der Waals surface area contributed by atoms with Gasteiger partial charge in [-0.25, -0.2) is 8.42 Å². The molecule has 0 atom stereocenters. The van der Waals surface area contributed by atoms with Gasteiger partial charge in [0.2, 0.25) is 9.84 Å². The first-order valence-electron chi connectivity index (χ1n) is 9.40. The van der Waals surface area contributed by atoms with E-state index >= 15 is 8.78 Å². The summed E-state index contributed by atoms with van der Waals surface area (Å²) >= 11 is 0. The van der Waals surface area contributed by atoms with E-state index in [1.54, 1.807) is 6.92 Å². The zero-order chi connectivity index (χ0) is 24.3. The van der Waals surface area contributed by atoms with Gasteiger partial charge in [-0.05, 0) is 55.5 Å². The SMILES string of the molecule is COc1ccc(C(=NOS(=O)(=O)c2ccc(C)cc2)C(F)(F)S(=O)(=O)c2ccccc2)cc1. The monoisotopic (exact) mass is 495 g/mol. The number of aryl methyl sites for hydroxylation is 1. The number of halogens is 2. The molecule has 7 nitrogen and oxygen atoms in total. The Balaban J connectivity index is 2.12. The lowest BCUT2D eigenvalue weighted by atomic mass is 10.1. The number of oxime groups is 1. The lowest BCUT2D eigenvalue weighted by Crippen LogP contribution is -2.39. The average Bonchev–Trinajstić information content (AvgIpc) is 2.80. The Hall–Kier alpha value is -3.31. The van der Waals surface area contributed by atoms with Crippen LogP contribution in [0.15, 0.2) is 93.8 Å². The molecule has 0 radical (unpaired) electrons. The molecule has 174 valence electrons. The molecule has 0 unspecified atom stereocenters. The molecule has 11 heteroatoms. The Labute approximate surface area is 190 Å². The molecule has 0 aliphatic carbocycles. The van der Waals surface area contributed by atoms with Crippen LogP contribution in [0.1, 0.15) is 11.1 Å². The van der Waals surface area contributed by atoms with Crippen LogP contribution >= 0.6 is 0 Å². The molecule has 3 aromatic rings. The summed E-state index contributed by atoms with van der Waals surface area (Å²) in [6, 6.07) is 16.3. The van der Waals surface area contributed by atoms with Gasteiger partial charge in [-0.3, -0.25) is 4.28 Å². The molecule has 0 aliphatic rings. The van der Waals surface area contributed by atoms with Gasteiger partial charge in [-0.15, -0.1) is 0 Å². The summed E-state index contributed by atoms with van der Waals surface area (Å²) in [4.78, 5) is -1.00. The van der Waals surface area contributed by atoms with Crippen LogP contribution in [0, 0.1) is 6.92 Å². The quantitative estimate of drug-likeness (QED) is 0.343. The smallest absolute Gasteiger partial charge is 0.395 e. The fourth-order valence-corrected chi connectivity index (χ4v) is 4.68. The number of hydrogen-bond acceptors (Lipinski definition) is 7. The topological polar surface area (TPSA) is 99.1 Å². The molecule has 0 spiro atoms. The van der Waals surface area contributed by atoms with Crippen molar-refractivity contribution >= 4 is 25.7 Å². The third-order valence-corrected chi connectivity index (χ3v) is 7.45. The molecule has 0 N–H and O–H groups in total. The van der Waals surface area contributed by atoms with E-state index in [1.165, 1.54) is 61.7 Å². The first-order valence-corrected chi connectivity index (χ1v) is 12.3. The number of methoxy groups -OCH3 is 1. The number of nitrogens with zero attached hydrogens (tertiary/aromatic N) is 1. The standard InChI is InChI=1S/C22H19F2NO6S2/c1-16-8-14-20(15-9-16)33(28,29)31-25-21(17-10-12-18(30-2)13-11-17)22(23,24)32(26,27)19-6-4-3-5-7-19/h3-15H,1-2H3. The molecule has 0 saturated heterocycles. The van der Waals surface area contributed by atoms with Crippen LogP contribution in [0.5, 0.6) is 5.75 Å². The Bertz CT molecular complexity index is 1350. The third kappa shape index (κ3) is 5.04. The second-order valence-corrected chi connectivity index (χ2v) is 10.4. The van der Waals surface area contributed by atoms with Crippen molar-refractivity contribution in [2.45, 2.75) is 22.0 Å². The van der Waals surface area contributed by atoms with Crippen LogP contribution in [0.4, 0.5) is 8.78 Å². The van der Waals surface area contributed by atoms with Crippen molar-refractivity contribution in [3.05, 3.63) is 90.0 Å². The molecule has 33 heavy (non-hydrogen) atoms. The second kappa shape index (κ2) is 9.28. The third-order valence-electron chi connectivity index (χ3n) is 4.57. The highest BCUT2D eigenvalue weighted by atomic mass is 32.2. The summed E-state index contributed by atoms with van der Waals surface area (Å²) in [5.74, 6) is 0.306. The van der Waals surface area contributed by atoms with Gasteiger partial charge in [0, 0.05) is 5.56 Å². The van der Waals surface area contributed by atoms with Gasteiger partial charge in [0.05, 0.1) is 12.0 Å². The number of alkyl halides is 2. The molecule has 0 heterocycles. The maximum atomic E-state index is 15.4. The van der Waals surface area contributed by atoms with Crippen molar-refractivity contribution in [2.24, 2.45) is 5.16 Å². The molecule has 3 aromatic carbocycles. The van der Waals surface area contributed by atoms with Crippen molar-refractivity contribution in [3.8, 4) is 5.75 Å². The number of ether oxygens (including phenoxy) is 1. The number of hydrogen-bond donors (Lipinski definition) is 0. The van der Waals surface area contributed by atoms with Gasteiger partial charge >= 0.3 is 15.4 Å². The van der Waals surface area contributed by atoms with Crippen LogP contribution in [0.2, 0.25) is 0 Å². The lowest BCUT2D eigenvalue weighted by molar-refractivity contribution is 0.164. The average molecular weight is 496 g/mol. The van der Waals surface area contributed by atoms with Crippen LogP contribution < -0.4 is 4.74 Å². The zero-order valence-corrected chi connectivity index (χ0v) is 19.1. The van der Waals surface area contributed by atoms with Crippen molar-refractivity contribution in [2.75, 3.05) is 7.11 Å².